The van der Waals surface area contributed by atoms with Crippen LogP contribution in [0.2, 0.25) is 5.02 Å². The Morgan fingerprint density at radius 1 is 1.00 bits per heavy atom. The van der Waals surface area contributed by atoms with Crippen molar-refractivity contribution in [2.75, 3.05) is 25.5 Å². The zero-order valence-electron chi connectivity index (χ0n) is 36.2. The number of aryl methyl sites for hydroxylation is 1. The second-order valence-corrected chi connectivity index (χ2v) is 17.9. The van der Waals surface area contributed by atoms with E-state index in [1.807, 2.05) is 84.0 Å². The fourth-order valence-corrected chi connectivity index (χ4v) is 8.71. The molecule has 0 atom stereocenters. The molecule has 0 unspecified atom stereocenters. The number of aromatic nitrogens is 2. The van der Waals surface area contributed by atoms with E-state index in [0.29, 0.717) is 47.6 Å². The number of pyridine rings is 2. The summed E-state index contributed by atoms with van der Waals surface area (Å²) in [7, 11) is 1.46. The Morgan fingerprint density at radius 3 is 2.38 bits per heavy atom. The number of benzene rings is 2. The molecule has 0 radical (unpaired) electrons. The monoisotopic (exact) mass is 835 g/mol. The molecule has 1 N–H and O–H groups in total. The van der Waals surface area contributed by atoms with Crippen molar-refractivity contribution < 1.29 is 28.7 Å². The van der Waals surface area contributed by atoms with Gasteiger partial charge in [0.05, 0.1) is 29.8 Å². The van der Waals surface area contributed by atoms with Gasteiger partial charge >= 0.3 is 12.1 Å². The number of ether oxygens (including phenoxy) is 2. The Kier molecular flexibility index (Phi) is 13.8. The maximum absolute atomic E-state index is 13.9. The minimum atomic E-state index is -0.606. The summed E-state index contributed by atoms with van der Waals surface area (Å²) in [5.41, 5.74) is 7.32. The highest BCUT2D eigenvalue weighted by atomic mass is 35.5. The molecule has 3 heterocycles. The topological polar surface area (TPSA) is 131 Å². The van der Waals surface area contributed by atoms with Gasteiger partial charge in [0.25, 0.3) is 5.91 Å². The molecule has 0 bridgehead atoms. The van der Waals surface area contributed by atoms with E-state index in [4.69, 9.17) is 26.1 Å². The van der Waals surface area contributed by atoms with Crippen LogP contribution in [-0.4, -0.2) is 75.4 Å². The van der Waals surface area contributed by atoms with Crippen molar-refractivity contribution in [3.8, 4) is 11.1 Å². The quantitative estimate of drug-likeness (QED) is 0.110. The summed E-state index contributed by atoms with van der Waals surface area (Å²) in [6, 6.07) is 17.0. The smallest absolute Gasteiger partial charge is 0.410 e. The van der Waals surface area contributed by atoms with Crippen molar-refractivity contribution in [3.05, 3.63) is 111 Å². The molecule has 1 fully saturated rings. The van der Waals surface area contributed by atoms with E-state index in [1.165, 1.54) is 12.7 Å². The Labute approximate surface area is 359 Å². The van der Waals surface area contributed by atoms with Crippen molar-refractivity contribution in [1.29, 1.82) is 0 Å². The summed E-state index contributed by atoms with van der Waals surface area (Å²) in [5, 5.41) is 3.47. The van der Waals surface area contributed by atoms with Crippen LogP contribution in [0.15, 0.2) is 60.8 Å². The highest BCUT2D eigenvalue weighted by molar-refractivity contribution is 6.34. The van der Waals surface area contributed by atoms with Gasteiger partial charge in [-0.05, 0) is 132 Å². The molecular formula is C48H58ClN5O6. The van der Waals surface area contributed by atoms with Crippen LogP contribution in [0.5, 0.6) is 0 Å². The highest BCUT2D eigenvalue weighted by Crippen LogP contribution is 2.40. The number of amides is 2. The summed E-state index contributed by atoms with van der Waals surface area (Å²) in [6.45, 7) is 15.9. The van der Waals surface area contributed by atoms with Crippen molar-refractivity contribution in [1.82, 2.24) is 19.8 Å². The van der Waals surface area contributed by atoms with Gasteiger partial charge in [-0.15, -0.1) is 0 Å². The molecule has 2 amide bonds. The van der Waals surface area contributed by atoms with Gasteiger partial charge in [-0.2, -0.15) is 0 Å². The third-order valence-electron chi connectivity index (χ3n) is 11.9. The Hall–Kier alpha value is -5.13. The Morgan fingerprint density at radius 2 is 1.72 bits per heavy atom. The van der Waals surface area contributed by atoms with Crippen LogP contribution in [0.4, 0.5) is 10.5 Å². The summed E-state index contributed by atoms with van der Waals surface area (Å²) in [4.78, 5) is 65.9. The SMILES string of the molecule is CCCN(Cc1ccc(C(=O)Nc2cccc(-c3cccc(CC(=O)c4cc(C)c5c(n4)CN(C4CCC(C)(C(=O)OC)CC4)CC5)c3Cl)c2C)nc1)C(=O)OC(C)(C)C. The molecule has 318 valence electrons. The first kappa shape index (κ1) is 44.4. The van der Waals surface area contributed by atoms with Gasteiger partial charge < -0.3 is 19.7 Å². The number of halogens is 1. The molecule has 2 aromatic carbocycles. The van der Waals surface area contributed by atoms with Crippen LogP contribution < -0.4 is 5.32 Å². The van der Waals surface area contributed by atoms with E-state index in [-0.39, 0.29) is 29.8 Å². The lowest BCUT2D eigenvalue weighted by Crippen LogP contribution is -2.45. The zero-order valence-corrected chi connectivity index (χ0v) is 37.0. The van der Waals surface area contributed by atoms with Gasteiger partial charge in [0.2, 0.25) is 0 Å². The lowest BCUT2D eigenvalue weighted by Gasteiger charge is -2.42. The highest BCUT2D eigenvalue weighted by Gasteiger charge is 2.40. The van der Waals surface area contributed by atoms with E-state index in [1.54, 1.807) is 23.2 Å². The first-order valence-electron chi connectivity index (χ1n) is 21.0. The number of hydrogen-bond acceptors (Lipinski definition) is 9. The summed E-state index contributed by atoms with van der Waals surface area (Å²) in [5.74, 6) is -0.613. The third kappa shape index (κ3) is 10.2. The zero-order chi connectivity index (χ0) is 43.4. The van der Waals surface area contributed by atoms with Gasteiger partial charge in [-0.3, -0.25) is 24.3 Å². The largest absolute Gasteiger partial charge is 0.469 e. The van der Waals surface area contributed by atoms with Crippen LogP contribution >= 0.6 is 11.6 Å². The number of ketones is 1. The van der Waals surface area contributed by atoms with Crippen LogP contribution in [0, 0.1) is 19.3 Å². The maximum Gasteiger partial charge on any atom is 0.410 e. The number of fused-ring (bicyclic) bond motifs is 1. The van der Waals surface area contributed by atoms with Gasteiger partial charge in [0.15, 0.2) is 5.78 Å². The number of nitrogens with one attached hydrogen (secondary N) is 1. The fraction of sp³-hybridized carbons (Fsp3) is 0.458. The van der Waals surface area contributed by atoms with E-state index in [9.17, 15) is 19.2 Å². The summed E-state index contributed by atoms with van der Waals surface area (Å²) in [6.07, 6.45) is 6.38. The molecule has 1 aliphatic heterocycles. The van der Waals surface area contributed by atoms with E-state index < -0.39 is 17.1 Å². The molecule has 11 nitrogen and oxygen atoms in total. The van der Waals surface area contributed by atoms with E-state index >= 15 is 0 Å². The molecule has 4 aromatic rings. The first-order valence-corrected chi connectivity index (χ1v) is 21.3. The molecule has 1 saturated carbocycles. The standard InChI is InChI=1S/C48H58ClN5O6/c1-9-23-54(46(58)60-47(4,5)6)28-32-16-17-39(50-27-32)44(56)52-38-15-11-13-36(31(38)3)37-14-10-12-33(43(37)49)26-42(55)40-25-30(2)35-20-24-53(29-41(35)51-40)34-18-21-48(7,22-19-34)45(57)59-8/h10-17,25,27,34H,9,18-24,26,28-29H2,1-8H3,(H,52,56). The number of carbonyl (C=O) groups is 4. The van der Waals surface area contributed by atoms with Crippen LogP contribution in [0.25, 0.3) is 11.1 Å². The number of hydrogen-bond donors (Lipinski definition) is 1. The average Bonchev–Trinajstić information content (AvgIpc) is 3.21. The molecule has 0 saturated heterocycles. The van der Waals surface area contributed by atoms with Crippen LogP contribution in [0.3, 0.4) is 0 Å². The summed E-state index contributed by atoms with van der Waals surface area (Å²) >= 11 is 7.08. The fourth-order valence-electron chi connectivity index (χ4n) is 8.41. The predicted octanol–water partition coefficient (Wildman–Crippen LogP) is 9.72. The van der Waals surface area contributed by atoms with Crippen LogP contribution in [-0.2, 0) is 40.2 Å². The van der Waals surface area contributed by atoms with E-state index in [0.717, 1.165) is 78.6 Å². The maximum atomic E-state index is 13.9. The number of anilines is 1. The van der Waals surface area contributed by atoms with Gasteiger partial charge in [0, 0.05) is 49.5 Å². The molecule has 0 spiro atoms. The molecule has 12 heteroatoms. The molecule has 60 heavy (non-hydrogen) atoms. The predicted molar refractivity (Wildman–Crippen MR) is 234 cm³/mol. The molecule has 1 aliphatic carbocycles. The molecular weight excluding hydrogens is 778 g/mol. The van der Waals surface area contributed by atoms with Crippen LogP contribution in [0.1, 0.15) is 121 Å². The van der Waals surface area contributed by atoms with Crippen molar-refractivity contribution in [2.45, 2.75) is 118 Å². The second-order valence-electron chi connectivity index (χ2n) is 17.5. The van der Waals surface area contributed by atoms with Gasteiger partial charge in [0.1, 0.15) is 17.0 Å². The number of esters is 1. The number of methoxy groups -OCH3 is 1. The molecule has 2 aliphatic rings. The summed E-state index contributed by atoms with van der Waals surface area (Å²) < 4.78 is 10.7. The Bertz CT molecular complexity index is 2240. The molecule has 2 aromatic heterocycles. The van der Waals surface area contributed by atoms with E-state index in [2.05, 4.69) is 22.1 Å². The van der Waals surface area contributed by atoms with Gasteiger partial charge in [-0.25, -0.2) is 9.78 Å². The average molecular weight is 836 g/mol. The van der Waals surface area contributed by atoms with Crippen molar-refractivity contribution in [3.63, 3.8) is 0 Å². The lowest BCUT2D eigenvalue weighted by atomic mass is 9.73. The Balaban J connectivity index is 1.12. The number of Topliss-reactive ketones (excluding diaryl/α,β-unsaturated/α-hetero) is 1. The second kappa shape index (κ2) is 18.6. The lowest BCUT2D eigenvalue weighted by molar-refractivity contribution is -0.154. The first-order chi connectivity index (χ1) is 28.5. The minimum Gasteiger partial charge on any atom is -0.469 e. The number of nitrogens with zero attached hydrogens (tertiary/aromatic N) is 4. The number of carbonyl (C=O) groups excluding carboxylic acids is 4. The normalized spacial score (nSPS) is 18.0. The minimum absolute atomic E-state index is 0.0848. The van der Waals surface area contributed by atoms with Crippen molar-refractivity contribution >= 4 is 41.0 Å². The number of rotatable bonds is 12. The van der Waals surface area contributed by atoms with Crippen molar-refractivity contribution in [2.24, 2.45) is 5.41 Å². The van der Waals surface area contributed by atoms with Gasteiger partial charge in [-0.1, -0.05) is 54.9 Å². The third-order valence-corrected chi connectivity index (χ3v) is 12.3. The molecule has 6 rings (SSSR count).